The summed E-state index contributed by atoms with van der Waals surface area (Å²) in [5.41, 5.74) is 0.402. The Kier molecular flexibility index (Phi) is 9.36. The van der Waals surface area contributed by atoms with E-state index in [1.54, 1.807) is 42.5 Å². The van der Waals surface area contributed by atoms with E-state index in [2.05, 4.69) is 10.4 Å². The predicted molar refractivity (Wildman–Crippen MR) is 157 cm³/mol. The third kappa shape index (κ3) is 6.48. The van der Waals surface area contributed by atoms with Gasteiger partial charge in [0.05, 0.1) is 21.3 Å². The van der Waals surface area contributed by atoms with Crippen LogP contribution < -0.4 is 24.4 Å². The average molecular weight is 615 g/mol. The maximum atomic E-state index is 14.4. The second-order valence-electron chi connectivity index (χ2n) is 11.1. The molecule has 12 heteroatoms. The molecule has 1 fully saturated rings. The number of amides is 2. The highest BCUT2D eigenvalue weighted by Crippen LogP contribution is 2.38. The van der Waals surface area contributed by atoms with Crippen molar-refractivity contribution in [2.75, 3.05) is 26.2 Å². The normalized spacial score (nSPS) is 15.8. The summed E-state index contributed by atoms with van der Waals surface area (Å²) >= 11 is 0. The Morgan fingerprint density at radius 1 is 0.955 bits per heavy atom. The number of hydrogen-bond donors (Lipinski definition) is 1. The van der Waals surface area contributed by atoms with Crippen molar-refractivity contribution in [1.29, 1.82) is 0 Å². The quantitative estimate of drug-likeness (QED) is 0.318. The highest BCUT2D eigenvalue weighted by atomic mass is 19.4. The maximum absolute atomic E-state index is 14.4. The lowest BCUT2D eigenvalue weighted by molar-refractivity contribution is -0.142. The minimum Gasteiger partial charge on any atom is -0.497 e. The largest absolute Gasteiger partial charge is 0.497 e. The van der Waals surface area contributed by atoms with Gasteiger partial charge in [-0.05, 0) is 68.4 Å². The first kappa shape index (κ1) is 31.2. The van der Waals surface area contributed by atoms with E-state index in [0.29, 0.717) is 53.5 Å². The lowest BCUT2D eigenvalue weighted by Gasteiger charge is -2.33. The van der Waals surface area contributed by atoms with Crippen molar-refractivity contribution in [3.63, 3.8) is 0 Å². The molecule has 236 valence electrons. The predicted octanol–water partition coefficient (Wildman–Crippen LogP) is 5.64. The SMILES string of the molecule is COc1ccc([C@H](C(=O)NC2CCCC2)N(C(=O)Cn2nc(C(F)(F)F)c3c2CCCC3)c2ccc(OC)c(OC)c2)cc1. The number of fused-ring (bicyclic) bond motifs is 1. The Labute approximate surface area is 254 Å². The first-order chi connectivity index (χ1) is 21.1. The monoisotopic (exact) mass is 614 g/mol. The molecule has 1 saturated carbocycles. The number of carbonyl (C=O) groups excluding carboxylic acids is 2. The Morgan fingerprint density at radius 2 is 1.64 bits per heavy atom. The molecule has 3 aromatic rings. The van der Waals surface area contributed by atoms with Gasteiger partial charge in [-0.25, -0.2) is 0 Å². The van der Waals surface area contributed by atoms with Gasteiger partial charge in [-0.2, -0.15) is 18.3 Å². The van der Waals surface area contributed by atoms with Crippen LogP contribution in [0.5, 0.6) is 17.2 Å². The highest BCUT2D eigenvalue weighted by molar-refractivity contribution is 6.01. The van der Waals surface area contributed by atoms with Gasteiger partial charge in [-0.3, -0.25) is 19.2 Å². The molecular formula is C32H37F3N4O5. The van der Waals surface area contributed by atoms with Crippen LogP contribution in [0, 0.1) is 0 Å². The van der Waals surface area contributed by atoms with Gasteiger partial charge >= 0.3 is 6.18 Å². The molecule has 0 radical (unpaired) electrons. The van der Waals surface area contributed by atoms with Crippen molar-refractivity contribution >= 4 is 17.5 Å². The van der Waals surface area contributed by atoms with Gasteiger partial charge in [0.25, 0.3) is 0 Å². The average Bonchev–Trinajstić information content (AvgIpc) is 3.67. The molecule has 9 nitrogen and oxygen atoms in total. The molecule has 0 unspecified atom stereocenters. The third-order valence-corrected chi connectivity index (χ3v) is 8.36. The first-order valence-corrected chi connectivity index (χ1v) is 14.8. The Bertz CT molecular complexity index is 1480. The molecule has 0 saturated heterocycles. The molecule has 0 aliphatic heterocycles. The van der Waals surface area contributed by atoms with Crippen molar-refractivity contribution in [3.05, 3.63) is 65.0 Å². The van der Waals surface area contributed by atoms with E-state index in [9.17, 15) is 22.8 Å². The number of nitrogens with one attached hydrogen (secondary N) is 1. The summed E-state index contributed by atoms with van der Waals surface area (Å²) < 4.78 is 59.2. The summed E-state index contributed by atoms with van der Waals surface area (Å²) in [6.45, 7) is -0.490. The third-order valence-electron chi connectivity index (χ3n) is 8.36. The van der Waals surface area contributed by atoms with Gasteiger partial charge in [-0.1, -0.05) is 25.0 Å². The fourth-order valence-electron chi connectivity index (χ4n) is 6.20. The minimum atomic E-state index is -4.65. The highest BCUT2D eigenvalue weighted by Gasteiger charge is 2.41. The number of ether oxygens (including phenoxy) is 3. The summed E-state index contributed by atoms with van der Waals surface area (Å²) in [5.74, 6) is 0.294. The Balaban J connectivity index is 1.62. The number of methoxy groups -OCH3 is 3. The zero-order chi connectivity index (χ0) is 31.4. The van der Waals surface area contributed by atoms with Crippen molar-refractivity contribution in [2.24, 2.45) is 0 Å². The van der Waals surface area contributed by atoms with E-state index >= 15 is 0 Å². The summed E-state index contributed by atoms with van der Waals surface area (Å²) in [4.78, 5) is 29.8. The fourth-order valence-corrected chi connectivity index (χ4v) is 6.20. The molecule has 44 heavy (non-hydrogen) atoms. The van der Waals surface area contributed by atoms with E-state index in [4.69, 9.17) is 14.2 Å². The van der Waals surface area contributed by atoms with Crippen molar-refractivity contribution in [2.45, 2.75) is 76.2 Å². The second-order valence-corrected chi connectivity index (χ2v) is 11.1. The first-order valence-electron chi connectivity index (χ1n) is 14.8. The van der Waals surface area contributed by atoms with E-state index in [1.807, 2.05) is 0 Å². The van der Waals surface area contributed by atoms with Gasteiger partial charge in [-0.15, -0.1) is 0 Å². The summed E-state index contributed by atoms with van der Waals surface area (Å²) in [5, 5.41) is 7.01. The van der Waals surface area contributed by atoms with Crippen LogP contribution in [0.4, 0.5) is 18.9 Å². The number of carbonyl (C=O) groups is 2. The van der Waals surface area contributed by atoms with Crippen molar-refractivity contribution in [3.8, 4) is 17.2 Å². The second kappa shape index (κ2) is 13.2. The van der Waals surface area contributed by atoms with Gasteiger partial charge in [0.2, 0.25) is 11.8 Å². The van der Waals surface area contributed by atoms with Crippen LogP contribution in [0.3, 0.4) is 0 Å². The Hall–Kier alpha value is -4.22. The van der Waals surface area contributed by atoms with Crippen molar-refractivity contribution in [1.82, 2.24) is 15.1 Å². The number of aromatic nitrogens is 2. The smallest absolute Gasteiger partial charge is 0.435 e. The van der Waals surface area contributed by atoms with Crippen LogP contribution in [0.15, 0.2) is 42.5 Å². The van der Waals surface area contributed by atoms with E-state index in [0.717, 1.165) is 30.4 Å². The van der Waals surface area contributed by atoms with Gasteiger partial charge < -0.3 is 19.5 Å². The number of hydrogen-bond acceptors (Lipinski definition) is 6. The van der Waals surface area contributed by atoms with Crippen LogP contribution in [-0.2, 0) is 35.2 Å². The summed E-state index contributed by atoms with van der Waals surface area (Å²) in [6, 6.07) is 10.4. The molecule has 1 N–H and O–H groups in total. The zero-order valence-electron chi connectivity index (χ0n) is 25.1. The van der Waals surface area contributed by atoms with Crippen LogP contribution in [0.1, 0.15) is 67.1 Å². The fraction of sp³-hybridized carbons (Fsp3) is 0.469. The molecule has 2 aliphatic carbocycles. The molecule has 1 atom stereocenters. The van der Waals surface area contributed by atoms with Crippen LogP contribution >= 0.6 is 0 Å². The molecular weight excluding hydrogens is 577 g/mol. The molecule has 2 aliphatic rings. The van der Waals surface area contributed by atoms with Gasteiger partial charge in [0, 0.05) is 29.1 Å². The molecule has 1 aromatic heterocycles. The lowest BCUT2D eigenvalue weighted by atomic mass is 9.95. The summed E-state index contributed by atoms with van der Waals surface area (Å²) in [6.07, 6.45) is 0.921. The summed E-state index contributed by atoms with van der Waals surface area (Å²) in [7, 11) is 4.46. The van der Waals surface area contributed by atoms with Gasteiger partial charge in [0.15, 0.2) is 17.2 Å². The number of alkyl halides is 3. The number of anilines is 1. The molecule has 2 aromatic carbocycles. The molecule has 5 rings (SSSR count). The molecule has 1 heterocycles. The van der Waals surface area contributed by atoms with E-state index in [1.165, 1.54) is 26.2 Å². The van der Waals surface area contributed by atoms with Crippen LogP contribution in [-0.4, -0.2) is 49.0 Å². The number of benzene rings is 2. The van der Waals surface area contributed by atoms with Crippen LogP contribution in [0.2, 0.25) is 0 Å². The van der Waals surface area contributed by atoms with Crippen LogP contribution in [0.25, 0.3) is 0 Å². The Morgan fingerprint density at radius 3 is 2.27 bits per heavy atom. The standard InChI is InChI=1S/C32H37F3N4O5/c1-42-23-15-12-20(13-16-23)29(31(41)36-21-8-4-5-9-21)39(22-14-17-26(43-2)27(18-22)44-3)28(40)19-38-25-11-7-6-10-24(25)30(37-38)32(33,34)35/h12-18,21,29H,4-11,19H2,1-3H3,(H,36,41)/t29-/m1/s1. The maximum Gasteiger partial charge on any atom is 0.435 e. The number of rotatable bonds is 10. The topological polar surface area (TPSA) is 94.9 Å². The van der Waals surface area contributed by atoms with Crippen molar-refractivity contribution < 1.29 is 37.0 Å². The number of nitrogens with zero attached hydrogens (tertiary/aromatic N) is 3. The minimum absolute atomic E-state index is 0.0434. The lowest BCUT2D eigenvalue weighted by Crippen LogP contribution is -2.47. The number of halogens is 3. The van der Waals surface area contributed by atoms with E-state index < -0.39 is 36.3 Å². The van der Waals surface area contributed by atoms with E-state index in [-0.39, 0.29) is 18.0 Å². The molecule has 2 amide bonds. The van der Waals surface area contributed by atoms with Gasteiger partial charge in [0.1, 0.15) is 18.3 Å². The zero-order valence-corrected chi connectivity index (χ0v) is 25.1. The molecule has 0 bridgehead atoms. The molecule has 0 spiro atoms.